The smallest absolute Gasteiger partial charge is 0.308 e. The first kappa shape index (κ1) is 17.2. The van der Waals surface area contributed by atoms with Crippen LogP contribution in [0.1, 0.15) is 32.8 Å². The maximum Gasteiger partial charge on any atom is 0.308 e. The Morgan fingerprint density at radius 3 is 2.21 bits per heavy atom. The second-order valence-corrected chi connectivity index (χ2v) is 4.12. The molecule has 0 fully saturated rings. The first-order chi connectivity index (χ1) is 9.01. The van der Waals surface area contributed by atoms with Crippen molar-refractivity contribution in [2.75, 3.05) is 6.61 Å². The zero-order valence-corrected chi connectivity index (χ0v) is 11.8. The summed E-state index contributed by atoms with van der Waals surface area (Å²) in [4.78, 5) is 20.9. The third-order valence-corrected chi connectivity index (χ3v) is 2.50. The quantitative estimate of drug-likeness (QED) is 0.832. The molecule has 1 atom stereocenters. The van der Waals surface area contributed by atoms with Crippen LogP contribution in [0, 0.1) is 5.92 Å². The van der Waals surface area contributed by atoms with Gasteiger partial charge in [-0.25, -0.2) is 0 Å². The molecule has 106 valence electrons. The van der Waals surface area contributed by atoms with E-state index in [0.717, 1.165) is 12.0 Å². The number of benzene rings is 1. The second-order valence-electron chi connectivity index (χ2n) is 4.12. The molecule has 1 N–H and O–H groups in total. The van der Waals surface area contributed by atoms with E-state index < -0.39 is 5.97 Å². The first-order valence-corrected chi connectivity index (χ1v) is 6.43. The highest BCUT2D eigenvalue weighted by Crippen LogP contribution is 2.02. The van der Waals surface area contributed by atoms with Gasteiger partial charge < -0.3 is 9.84 Å². The summed E-state index contributed by atoms with van der Waals surface area (Å²) >= 11 is 0. The van der Waals surface area contributed by atoms with Crippen molar-refractivity contribution in [2.24, 2.45) is 5.92 Å². The van der Waals surface area contributed by atoms with Crippen LogP contribution in [0.5, 0.6) is 0 Å². The van der Waals surface area contributed by atoms with Gasteiger partial charge in [-0.3, -0.25) is 9.59 Å². The van der Waals surface area contributed by atoms with Gasteiger partial charge in [0.15, 0.2) is 0 Å². The van der Waals surface area contributed by atoms with Crippen molar-refractivity contribution in [1.82, 2.24) is 0 Å². The van der Waals surface area contributed by atoms with E-state index in [9.17, 15) is 9.59 Å². The van der Waals surface area contributed by atoms with Crippen LogP contribution in [-0.2, 0) is 20.7 Å². The molecule has 0 aromatic heterocycles. The van der Waals surface area contributed by atoms with Gasteiger partial charge in [0.05, 0.1) is 18.9 Å². The molecule has 4 nitrogen and oxygen atoms in total. The van der Waals surface area contributed by atoms with Crippen molar-refractivity contribution in [3.63, 3.8) is 0 Å². The Balaban J connectivity index is 0.000000344. The van der Waals surface area contributed by atoms with E-state index in [2.05, 4.69) is 0 Å². The molecule has 0 amide bonds. The fourth-order valence-corrected chi connectivity index (χ4v) is 1.22. The lowest BCUT2D eigenvalue weighted by atomic mass is 10.1. The number of carbonyl (C=O) groups is 2. The van der Waals surface area contributed by atoms with Crippen LogP contribution < -0.4 is 0 Å². The van der Waals surface area contributed by atoms with Crippen LogP contribution in [0.4, 0.5) is 0 Å². The molecule has 0 aliphatic rings. The molecular weight excluding hydrogens is 244 g/mol. The molecular formula is C15H22O4. The molecule has 19 heavy (non-hydrogen) atoms. The van der Waals surface area contributed by atoms with E-state index in [1.807, 2.05) is 39.0 Å². The fraction of sp³-hybridized carbons (Fsp3) is 0.467. The minimum atomic E-state index is -0.786. The number of carbonyl (C=O) groups excluding carboxylic acids is 1. The second kappa shape index (κ2) is 10.1. The molecule has 0 saturated carbocycles. The molecule has 1 aromatic carbocycles. The first-order valence-electron chi connectivity index (χ1n) is 6.43. The van der Waals surface area contributed by atoms with E-state index in [1.165, 1.54) is 0 Å². The SMILES string of the molecule is CCOC(=O)C(C)CC.O=C(O)Cc1ccccc1. The van der Waals surface area contributed by atoms with E-state index in [1.54, 1.807) is 12.1 Å². The third kappa shape index (κ3) is 8.83. The molecule has 0 saturated heterocycles. The zero-order chi connectivity index (χ0) is 14.7. The van der Waals surface area contributed by atoms with Crippen LogP contribution in [0.2, 0.25) is 0 Å². The number of carboxylic acids is 1. The summed E-state index contributed by atoms with van der Waals surface area (Å²) in [6.07, 6.45) is 0.972. The van der Waals surface area contributed by atoms with Crippen LogP contribution >= 0.6 is 0 Å². The number of ether oxygens (including phenoxy) is 1. The topological polar surface area (TPSA) is 63.6 Å². The predicted octanol–water partition coefficient (Wildman–Crippen LogP) is 2.91. The minimum absolute atomic E-state index is 0.0601. The van der Waals surface area contributed by atoms with Crippen molar-refractivity contribution in [3.05, 3.63) is 35.9 Å². The molecule has 0 spiro atoms. The lowest BCUT2D eigenvalue weighted by molar-refractivity contribution is -0.147. The zero-order valence-electron chi connectivity index (χ0n) is 11.8. The van der Waals surface area contributed by atoms with Gasteiger partial charge >= 0.3 is 11.9 Å². The van der Waals surface area contributed by atoms with Gasteiger partial charge in [0.2, 0.25) is 0 Å². The Bertz CT molecular complexity index is 373. The monoisotopic (exact) mass is 266 g/mol. The Kier molecular flexibility index (Phi) is 9.14. The van der Waals surface area contributed by atoms with Crippen molar-refractivity contribution in [1.29, 1.82) is 0 Å². The van der Waals surface area contributed by atoms with Crippen LogP contribution in [0.3, 0.4) is 0 Å². The summed E-state index contributed by atoms with van der Waals surface area (Å²) in [6.45, 7) is 6.16. The number of aliphatic carboxylic acids is 1. The maximum atomic E-state index is 10.8. The highest BCUT2D eigenvalue weighted by molar-refractivity contribution is 5.71. The Morgan fingerprint density at radius 1 is 1.21 bits per heavy atom. The number of hydrogen-bond donors (Lipinski definition) is 1. The Hall–Kier alpha value is -1.84. The molecule has 1 rings (SSSR count). The van der Waals surface area contributed by atoms with Crippen LogP contribution in [-0.4, -0.2) is 23.7 Å². The Labute approximate surface area is 114 Å². The largest absolute Gasteiger partial charge is 0.481 e. The summed E-state index contributed by atoms with van der Waals surface area (Å²) in [6, 6.07) is 9.13. The summed E-state index contributed by atoms with van der Waals surface area (Å²) in [5.74, 6) is -0.809. The molecule has 0 heterocycles. The molecule has 0 aliphatic heterocycles. The molecule has 1 aromatic rings. The number of esters is 1. The lowest BCUT2D eigenvalue weighted by Gasteiger charge is -2.05. The van der Waals surface area contributed by atoms with E-state index in [-0.39, 0.29) is 18.3 Å². The van der Waals surface area contributed by atoms with Crippen molar-refractivity contribution >= 4 is 11.9 Å². The van der Waals surface area contributed by atoms with Gasteiger partial charge in [0.1, 0.15) is 0 Å². The fourth-order valence-electron chi connectivity index (χ4n) is 1.22. The molecule has 0 bridgehead atoms. The number of carboxylic acid groups (broad SMARTS) is 1. The summed E-state index contributed by atoms with van der Waals surface area (Å²) in [5.41, 5.74) is 0.843. The van der Waals surface area contributed by atoms with Crippen LogP contribution in [0.25, 0.3) is 0 Å². The van der Waals surface area contributed by atoms with Gasteiger partial charge in [0.25, 0.3) is 0 Å². The normalized spacial score (nSPS) is 10.9. The van der Waals surface area contributed by atoms with Gasteiger partial charge in [-0.2, -0.15) is 0 Å². The average Bonchev–Trinajstić information content (AvgIpc) is 2.39. The van der Waals surface area contributed by atoms with Crippen LogP contribution in [0.15, 0.2) is 30.3 Å². The van der Waals surface area contributed by atoms with Gasteiger partial charge in [0, 0.05) is 0 Å². The highest BCUT2D eigenvalue weighted by atomic mass is 16.5. The average molecular weight is 266 g/mol. The van der Waals surface area contributed by atoms with Gasteiger partial charge in [-0.05, 0) is 18.9 Å². The standard InChI is InChI=1S/C8H8O2.C7H14O2/c9-8(10)6-7-4-2-1-3-5-7;1-4-6(3)7(8)9-5-2/h1-5H,6H2,(H,9,10);6H,4-5H2,1-3H3. The lowest BCUT2D eigenvalue weighted by Crippen LogP contribution is -2.13. The van der Waals surface area contributed by atoms with Crippen molar-refractivity contribution in [2.45, 2.75) is 33.6 Å². The summed E-state index contributed by atoms with van der Waals surface area (Å²) in [7, 11) is 0. The third-order valence-electron chi connectivity index (χ3n) is 2.50. The predicted molar refractivity (Wildman–Crippen MR) is 73.9 cm³/mol. The summed E-state index contributed by atoms with van der Waals surface area (Å²) in [5, 5.41) is 8.37. The van der Waals surface area contributed by atoms with Crippen molar-refractivity contribution < 1.29 is 19.4 Å². The van der Waals surface area contributed by atoms with Gasteiger partial charge in [-0.1, -0.05) is 44.2 Å². The van der Waals surface area contributed by atoms with E-state index in [0.29, 0.717) is 6.61 Å². The molecule has 4 heteroatoms. The molecule has 1 unspecified atom stereocenters. The van der Waals surface area contributed by atoms with Crippen molar-refractivity contribution in [3.8, 4) is 0 Å². The Morgan fingerprint density at radius 2 is 1.79 bits per heavy atom. The van der Waals surface area contributed by atoms with E-state index in [4.69, 9.17) is 9.84 Å². The summed E-state index contributed by atoms with van der Waals surface area (Å²) < 4.78 is 4.76. The van der Waals surface area contributed by atoms with Gasteiger partial charge in [-0.15, -0.1) is 0 Å². The number of rotatable bonds is 5. The molecule has 0 radical (unpaired) electrons. The number of hydrogen-bond acceptors (Lipinski definition) is 3. The maximum absolute atomic E-state index is 10.8. The minimum Gasteiger partial charge on any atom is -0.481 e. The molecule has 0 aliphatic carbocycles. The van der Waals surface area contributed by atoms with E-state index >= 15 is 0 Å². The highest BCUT2D eigenvalue weighted by Gasteiger charge is 2.09.